The van der Waals surface area contributed by atoms with E-state index in [1.807, 2.05) is 19.9 Å². The second kappa shape index (κ2) is 8.95. The molecule has 0 spiro atoms. The Morgan fingerprint density at radius 1 is 1.14 bits per heavy atom. The van der Waals surface area contributed by atoms with Gasteiger partial charge in [-0.1, -0.05) is 6.92 Å². The second-order valence-corrected chi connectivity index (χ2v) is 7.32. The first-order chi connectivity index (χ1) is 13.5. The first-order valence-corrected chi connectivity index (χ1v) is 9.76. The standard InChI is InChI=1S/C22H28FN5/c1-15-10-13-28(14-11-15)17(3)26-21(18-5-7-19(23)8-6-18)16(2)20-9-12-25-22(24-4)27-20/h5-9,12,15H,10-11,13-14H2,1-4H3,(H,24,25,27)/b21-16+,26-17?. The fraction of sp³-hybridized carbons (Fsp3) is 0.409. The van der Waals surface area contributed by atoms with E-state index in [-0.39, 0.29) is 5.82 Å². The fourth-order valence-corrected chi connectivity index (χ4v) is 3.35. The Bertz CT molecular complexity index is 865. The molecule has 1 aliphatic heterocycles. The number of allylic oxidation sites excluding steroid dienone is 1. The minimum atomic E-state index is -0.258. The van der Waals surface area contributed by atoms with E-state index >= 15 is 0 Å². The number of rotatable bonds is 4. The minimum Gasteiger partial charge on any atom is -0.360 e. The molecule has 0 aliphatic carbocycles. The van der Waals surface area contributed by atoms with Crippen molar-refractivity contribution in [1.82, 2.24) is 14.9 Å². The number of hydrogen-bond donors (Lipinski definition) is 1. The lowest BCUT2D eigenvalue weighted by molar-refractivity contribution is 0.279. The summed E-state index contributed by atoms with van der Waals surface area (Å²) < 4.78 is 13.5. The van der Waals surface area contributed by atoms with Crippen LogP contribution in [0.15, 0.2) is 41.5 Å². The van der Waals surface area contributed by atoms with Gasteiger partial charge in [0.15, 0.2) is 0 Å². The van der Waals surface area contributed by atoms with Crippen LogP contribution < -0.4 is 5.32 Å². The summed E-state index contributed by atoms with van der Waals surface area (Å²) >= 11 is 0. The average Bonchev–Trinajstić information content (AvgIpc) is 2.72. The summed E-state index contributed by atoms with van der Waals surface area (Å²) in [5.74, 6) is 2.04. The molecule has 1 aliphatic rings. The van der Waals surface area contributed by atoms with Crippen LogP contribution in [-0.4, -0.2) is 40.8 Å². The van der Waals surface area contributed by atoms with Crippen LogP contribution in [-0.2, 0) is 0 Å². The molecule has 5 nitrogen and oxygen atoms in total. The molecular formula is C22H28FN5. The maximum atomic E-state index is 13.5. The van der Waals surface area contributed by atoms with Gasteiger partial charge in [0.1, 0.15) is 11.7 Å². The third-order valence-corrected chi connectivity index (χ3v) is 5.25. The molecule has 0 saturated carbocycles. The van der Waals surface area contributed by atoms with Crippen LogP contribution in [0.4, 0.5) is 10.3 Å². The molecule has 28 heavy (non-hydrogen) atoms. The quantitative estimate of drug-likeness (QED) is 0.616. The van der Waals surface area contributed by atoms with Crippen LogP contribution in [0, 0.1) is 11.7 Å². The van der Waals surface area contributed by atoms with Gasteiger partial charge in [-0.2, -0.15) is 0 Å². The predicted molar refractivity (Wildman–Crippen MR) is 114 cm³/mol. The Morgan fingerprint density at radius 2 is 1.82 bits per heavy atom. The van der Waals surface area contributed by atoms with Crippen LogP contribution >= 0.6 is 0 Å². The van der Waals surface area contributed by atoms with Crippen molar-refractivity contribution in [2.45, 2.75) is 33.6 Å². The van der Waals surface area contributed by atoms with Crippen molar-refractivity contribution in [2.75, 3.05) is 25.5 Å². The minimum absolute atomic E-state index is 0.258. The van der Waals surface area contributed by atoms with Gasteiger partial charge in [0.2, 0.25) is 5.95 Å². The lowest BCUT2D eigenvalue weighted by atomic mass is 9.99. The molecule has 1 fully saturated rings. The monoisotopic (exact) mass is 381 g/mol. The van der Waals surface area contributed by atoms with Crippen LogP contribution in [0.3, 0.4) is 0 Å². The van der Waals surface area contributed by atoms with Crippen molar-refractivity contribution in [3.8, 4) is 0 Å². The van der Waals surface area contributed by atoms with Crippen molar-refractivity contribution in [2.24, 2.45) is 10.9 Å². The summed E-state index contributed by atoms with van der Waals surface area (Å²) in [4.78, 5) is 16.0. The molecule has 2 heterocycles. The second-order valence-electron chi connectivity index (χ2n) is 7.32. The lowest BCUT2D eigenvalue weighted by Crippen LogP contribution is -2.36. The van der Waals surface area contributed by atoms with E-state index in [4.69, 9.17) is 4.99 Å². The molecule has 1 aromatic carbocycles. The lowest BCUT2D eigenvalue weighted by Gasteiger charge is -2.31. The van der Waals surface area contributed by atoms with Crippen molar-refractivity contribution in [3.05, 3.63) is 53.6 Å². The predicted octanol–water partition coefficient (Wildman–Crippen LogP) is 4.70. The van der Waals surface area contributed by atoms with Crippen molar-refractivity contribution >= 4 is 23.1 Å². The zero-order valence-corrected chi connectivity index (χ0v) is 17.0. The molecule has 0 bridgehead atoms. The van der Waals surface area contributed by atoms with E-state index in [1.165, 1.54) is 25.0 Å². The number of benzene rings is 1. The number of hydrogen-bond acceptors (Lipinski definition) is 4. The maximum absolute atomic E-state index is 13.5. The van der Waals surface area contributed by atoms with E-state index in [0.29, 0.717) is 5.95 Å². The number of halogens is 1. The van der Waals surface area contributed by atoms with Gasteiger partial charge < -0.3 is 10.2 Å². The van der Waals surface area contributed by atoms with Crippen LogP contribution in [0.5, 0.6) is 0 Å². The summed E-state index contributed by atoms with van der Waals surface area (Å²) in [5, 5.41) is 2.97. The van der Waals surface area contributed by atoms with Gasteiger partial charge >= 0.3 is 0 Å². The molecule has 2 aromatic rings. The normalized spacial score (nSPS) is 16.8. The number of aromatic nitrogens is 2. The molecule has 0 atom stereocenters. The van der Waals surface area contributed by atoms with Crippen LogP contribution in [0.25, 0.3) is 11.3 Å². The van der Waals surface area contributed by atoms with Gasteiger partial charge in [-0.3, -0.25) is 0 Å². The number of anilines is 1. The Hall–Kier alpha value is -2.76. The highest BCUT2D eigenvalue weighted by molar-refractivity contribution is 5.95. The highest BCUT2D eigenvalue weighted by atomic mass is 19.1. The largest absolute Gasteiger partial charge is 0.360 e. The first kappa shape index (κ1) is 20.0. The fourth-order valence-electron chi connectivity index (χ4n) is 3.35. The van der Waals surface area contributed by atoms with Gasteiger partial charge in [-0.25, -0.2) is 19.4 Å². The Kier molecular flexibility index (Phi) is 6.39. The zero-order chi connectivity index (χ0) is 20.1. The third kappa shape index (κ3) is 4.74. The van der Waals surface area contributed by atoms with Crippen molar-refractivity contribution < 1.29 is 4.39 Å². The van der Waals surface area contributed by atoms with Gasteiger partial charge in [0.05, 0.1) is 11.4 Å². The topological polar surface area (TPSA) is 53.4 Å². The highest BCUT2D eigenvalue weighted by Crippen LogP contribution is 2.28. The van der Waals surface area contributed by atoms with Crippen molar-refractivity contribution in [3.63, 3.8) is 0 Å². The summed E-state index contributed by atoms with van der Waals surface area (Å²) in [6.45, 7) is 8.38. The number of amidine groups is 1. The molecule has 148 valence electrons. The SMILES string of the molecule is CNc1nccc(/C(C)=C(/N=C(C)N2CCC(C)CC2)c2ccc(F)cc2)n1. The Morgan fingerprint density at radius 3 is 2.46 bits per heavy atom. The maximum Gasteiger partial charge on any atom is 0.222 e. The van der Waals surface area contributed by atoms with Gasteiger partial charge in [0.25, 0.3) is 0 Å². The van der Waals surface area contributed by atoms with E-state index in [0.717, 1.165) is 47.4 Å². The third-order valence-electron chi connectivity index (χ3n) is 5.25. The van der Waals surface area contributed by atoms with E-state index < -0.39 is 0 Å². The van der Waals surface area contributed by atoms with E-state index in [9.17, 15) is 4.39 Å². The van der Waals surface area contributed by atoms with Crippen LogP contribution in [0.2, 0.25) is 0 Å². The van der Waals surface area contributed by atoms with Crippen molar-refractivity contribution in [1.29, 1.82) is 0 Å². The number of piperidine rings is 1. The summed E-state index contributed by atoms with van der Waals surface area (Å²) in [6.07, 6.45) is 4.08. The number of nitrogens with zero attached hydrogens (tertiary/aromatic N) is 4. The molecule has 1 N–H and O–H groups in total. The summed E-state index contributed by atoms with van der Waals surface area (Å²) in [5.41, 5.74) is 3.39. The van der Waals surface area contributed by atoms with Gasteiger partial charge in [0, 0.05) is 37.5 Å². The van der Waals surface area contributed by atoms with E-state index in [2.05, 4.69) is 27.1 Å². The Balaban J connectivity index is 2.04. The molecule has 0 unspecified atom stereocenters. The number of likely N-dealkylation sites (tertiary alicyclic amines) is 1. The number of nitrogens with one attached hydrogen (secondary N) is 1. The summed E-state index contributed by atoms with van der Waals surface area (Å²) in [6, 6.07) is 8.34. The highest BCUT2D eigenvalue weighted by Gasteiger charge is 2.18. The molecule has 6 heteroatoms. The molecule has 1 saturated heterocycles. The molecule has 3 rings (SSSR count). The smallest absolute Gasteiger partial charge is 0.222 e. The zero-order valence-electron chi connectivity index (χ0n) is 17.0. The molecule has 0 amide bonds. The average molecular weight is 381 g/mol. The Labute approximate surface area is 166 Å². The molecule has 1 aromatic heterocycles. The first-order valence-electron chi connectivity index (χ1n) is 9.76. The molecular weight excluding hydrogens is 353 g/mol. The molecule has 0 radical (unpaired) electrons. The van der Waals surface area contributed by atoms with Crippen LogP contribution in [0.1, 0.15) is 44.9 Å². The van der Waals surface area contributed by atoms with Gasteiger partial charge in [-0.05, 0) is 62.9 Å². The van der Waals surface area contributed by atoms with Gasteiger partial charge in [-0.15, -0.1) is 0 Å². The summed E-state index contributed by atoms with van der Waals surface area (Å²) in [7, 11) is 1.79. The van der Waals surface area contributed by atoms with E-state index in [1.54, 1.807) is 25.4 Å². The number of aliphatic imine (C=N–C) groups is 1.